The number of fused-ring (bicyclic) bond motifs is 2. The van der Waals surface area contributed by atoms with Crippen molar-refractivity contribution in [2.24, 2.45) is 0 Å². The van der Waals surface area contributed by atoms with Gasteiger partial charge in [-0.1, -0.05) is 24.3 Å². The summed E-state index contributed by atoms with van der Waals surface area (Å²) in [5.74, 6) is -1.38. The minimum atomic E-state index is -1.15. The van der Waals surface area contributed by atoms with Crippen LogP contribution >= 0.6 is 69.9 Å². The lowest BCUT2D eigenvalue weighted by molar-refractivity contribution is -0.119. The number of nitrogens with one attached hydrogen (secondary N) is 3. The molecule has 470 valence electrons. The quantitative estimate of drug-likeness (QED) is 0.0425. The van der Waals surface area contributed by atoms with Crippen molar-refractivity contribution in [3.63, 3.8) is 0 Å². The van der Waals surface area contributed by atoms with E-state index in [-0.39, 0.29) is 56.6 Å². The van der Waals surface area contributed by atoms with Crippen LogP contribution in [-0.2, 0) is 47.7 Å². The number of hydrogen-bond donors (Lipinski definition) is 4. The van der Waals surface area contributed by atoms with Gasteiger partial charge in [0.15, 0.2) is 33.3 Å². The molecule has 10 rings (SSSR count). The maximum Gasteiger partial charge on any atom is 0.411 e. The van der Waals surface area contributed by atoms with E-state index in [0.29, 0.717) is 80.9 Å². The number of carbonyl (C=O) groups excluding carboxylic acids is 5. The highest BCUT2D eigenvalue weighted by atomic mass is 79.9. The van der Waals surface area contributed by atoms with Crippen LogP contribution in [0.2, 0.25) is 0 Å². The lowest BCUT2D eigenvalue weighted by Crippen LogP contribution is -2.54. The molecule has 0 saturated carbocycles. The molecule has 0 saturated heterocycles. The predicted molar refractivity (Wildman–Crippen MR) is 354 cm³/mol. The zero-order valence-electron chi connectivity index (χ0n) is 50.0. The molecule has 0 bridgehead atoms. The number of hydrogen-bond acceptors (Lipinski definition) is 17. The van der Waals surface area contributed by atoms with Crippen molar-refractivity contribution in [3.8, 4) is 56.8 Å². The van der Waals surface area contributed by atoms with Crippen LogP contribution in [0, 0.1) is 11.6 Å². The Labute approximate surface area is 552 Å². The van der Waals surface area contributed by atoms with Gasteiger partial charge in [0, 0.05) is 71.5 Å². The van der Waals surface area contributed by atoms with Gasteiger partial charge in [-0.3, -0.25) is 14.5 Å². The molecule has 2 aliphatic rings. The number of aromatic hydroxyl groups is 1. The number of phenols is 1. The Bertz CT molecular complexity index is 3880. The minimum Gasteiger partial charge on any atom is -0.504 e. The number of carbonyl (C=O) groups is 5. The summed E-state index contributed by atoms with van der Waals surface area (Å²) in [5.41, 5.74) is 3.17. The van der Waals surface area contributed by atoms with E-state index in [0.717, 1.165) is 16.7 Å². The molecule has 8 aromatic rings. The molecule has 0 spiro atoms. The van der Waals surface area contributed by atoms with E-state index >= 15 is 8.78 Å². The van der Waals surface area contributed by atoms with Gasteiger partial charge < -0.3 is 49.5 Å². The monoisotopic (exact) mass is 1460 g/mol. The summed E-state index contributed by atoms with van der Waals surface area (Å²) >= 11 is 11.9. The second kappa shape index (κ2) is 29.9. The highest BCUT2D eigenvalue weighted by molar-refractivity contribution is 9.69. The van der Waals surface area contributed by atoms with Gasteiger partial charge in [-0.05, 0) is 154 Å². The number of halogens is 5. The average molecular weight is 1460 g/mol. The van der Waals surface area contributed by atoms with E-state index in [1.165, 1.54) is 56.1 Å². The van der Waals surface area contributed by atoms with Crippen LogP contribution < -0.4 is 30.2 Å². The molecular weight excluding hydrogens is 1400 g/mol. The zero-order valence-corrected chi connectivity index (χ0v) is 56.4. The van der Waals surface area contributed by atoms with Gasteiger partial charge in [0.25, 0.3) is 0 Å². The number of benzene rings is 6. The number of amides is 3. The van der Waals surface area contributed by atoms with Crippen LogP contribution in [0.5, 0.6) is 34.5 Å². The van der Waals surface area contributed by atoms with Crippen molar-refractivity contribution < 1.29 is 66.3 Å². The van der Waals surface area contributed by atoms with Crippen LogP contribution in [-0.4, -0.2) is 93.0 Å². The fourth-order valence-corrected chi connectivity index (χ4v) is 11.4. The molecule has 3 amide bonds. The van der Waals surface area contributed by atoms with E-state index in [9.17, 15) is 29.1 Å². The largest absolute Gasteiger partial charge is 0.504 e. The molecule has 2 aromatic heterocycles. The number of nitrogens with zero attached hydrogens (tertiary/aromatic N) is 3. The Hall–Kier alpha value is -7.75. The number of esters is 2. The SMILES string of the molecule is BrB(Br)Br.COC(=O)c1ccc(-c2ccc(Oc3cc4c(cc3O)CCN[C@]4(C)CC(=O)Nc3nccs3)cc2F)cc1.COC(=O)c1ccc(-c2ccc(Oc3cc4c(cc3OC)CCN(C(=O)OC(C)(C)C)[C@]4(C)CC(=O)Nc3nccs3)cc2F)cc1. The molecule has 0 aliphatic carbocycles. The van der Waals surface area contributed by atoms with Crippen molar-refractivity contribution in [1.82, 2.24) is 20.2 Å². The van der Waals surface area contributed by atoms with Crippen LogP contribution in [0.1, 0.15) is 90.4 Å². The molecule has 4 heterocycles. The molecule has 2 atom stereocenters. The molecule has 4 N–H and O–H groups in total. The second-order valence-electron chi connectivity index (χ2n) is 21.8. The van der Waals surface area contributed by atoms with E-state index < -0.39 is 46.3 Å². The smallest absolute Gasteiger partial charge is 0.411 e. The maximum absolute atomic E-state index is 15.4. The highest BCUT2D eigenvalue weighted by Crippen LogP contribution is 2.46. The predicted octanol–water partition coefficient (Wildman–Crippen LogP) is 15.4. The summed E-state index contributed by atoms with van der Waals surface area (Å²) in [6.45, 7) is 10.0. The lowest BCUT2D eigenvalue weighted by Gasteiger charge is -2.46. The fourth-order valence-electron chi connectivity index (χ4n) is 10.3. The molecule has 90 heavy (non-hydrogen) atoms. The number of anilines is 2. The molecule has 0 radical (unpaired) electrons. The van der Waals surface area contributed by atoms with Gasteiger partial charge >= 0.3 is 21.2 Å². The third-order valence-electron chi connectivity index (χ3n) is 14.4. The van der Waals surface area contributed by atoms with Gasteiger partial charge in [-0.2, -0.15) is 0 Å². The van der Waals surface area contributed by atoms with Crippen LogP contribution in [0.3, 0.4) is 0 Å². The molecule has 2 aliphatic heterocycles. The third-order valence-corrected chi connectivity index (χ3v) is 15.8. The topological polar surface area (TPSA) is 226 Å². The van der Waals surface area contributed by atoms with E-state index in [1.54, 1.807) is 140 Å². The summed E-state index contributed by atoms with van der Waals surface area (Å²) in [6.07, 6.45) is 3.86. The van der Waals surface area contributed by atoms with Crippen LogP contribution in [0.4, 0.5) is 23.8 Å². The standard InChI is InChI=1S/C35H36FN3O7S.C29H26FN3O5S.BBr3/c1-34(2,3)46-33(42)39-15-13-23-17-28(43-5)29(19-26(23)35(39,4)20-30(40)38-32-37-14-16-47-32)45-24-11-12-25(27(36)18-24)21-7-9-22(10-8-21)31(41)44-6;1-29(16-26(35)33-28-31-11-12-39-28)22-15-25(24(34)13-19(22)9-10-32-29)38-20-7-8-21(23(30)14-20)17-3-5-18(6-4-17)27(36)37-2;2-1(3)4/h7-12,14,16-19H,13,15,20H2,1-6H3,(H,37,38,40);3-8,11-15,32,34H,9-10,16H2,1-2H3,(H,31,33,35);/t35-;29-;/m11./s1. The molecule has 18 nitrogen and oxygen atoms in total. The first-order valence-electron chi connectivity index (χ1n) is 27.8. The average Bonchev–Trinajstić information content (AvgIpc) is 0.816. The summed E-state index contributed by atoms with van der Waals surface area (Å²) in [4.78, 5) is 72.9. The Morgan fingerprint density at radius 2 is 1.16 bits per heavy atom. The molecule has 0 unspecified atom stereocenters. The van der Waals surface area contributed by atoms with E-state index in [1.807, 2.05) is 19.9 Å². The maximum atomic E-state index is 15.4. The van der Waals surface area contributed by atoms with Crippen LogP contribution in [0.15, 0.2) is 132 Å². The van der Waals surface area contributed by atoms with E-state index in [2.05, 4.69) is 73.2 Å². The number of phenolic OH excluding ortho intramolecular Hbond substituents is 1. The first-order valence-corrected chi connectivity index (χ1v) is 32.3. The van der Waals surface area contributed by atoms with Gasteiger partial charge in [0.1, 0.15) is 28.7 Å². The van der Waals surface area contributed by atoms with Crippen molar-refractivity contribution in [2.45, 2.75) is 77.0 Å². The Morgan fingerprint density at radius 3 is 1.62 bits per heavy atom. The number of thiazole rings is 2. The minimum absolute atomic E-state index is 0.0758. The van der Waals surface area contributed by atoms with Crippen LogP contribution in [0.25, 0.3) is 22.3 Å². The number of rotatable bonds is 15. The van der Waals surface area contributed by atoms with Gasteiger partial charge in [0.2, 0.25) is 11.8 Å². The van der Waals surface area contributed by atoms with Gasteiger partial charge in [-0.15, -0.1) is 69.9 Å². The fraction of sp³-hybridized carbons (Fsp3) is 0.266. The summed E-state index contributed by atoms with van der Waals surface area (Å²) in [5, 5.41) is 24.2. The first kappa shape index (κ1) is 68.2. The number of ether oxygens (including phenoxy) is 6. The number of aromatic nitrogens is 2. The third kappa shape index (κ3) is 17.2. The summed E-state index contributed by atoms with van der Waals surface area (Å²) in [7, 11) is 4.10. The Morgan fingerprint density at radius 1 is 0.667 bits per heavy atom. The molecular formula is C64H62BBr3F2N6O12S2. The lowest BCUT2D eigenvalue weighted by atomic mass is 9.79. The molecule has 26 heteroatoms. The Balaban J connectivity index is 0.000000222. The normalized spacial score (nSPS) is 15.6. The second-order valence-corrected chi connectivity index (χ2v) is 30.0. The molecule has 6 aromatic carbocycles. The van der Waals surface area contributed by atoms with Gasteiger partial charge in [0.05, 0.1) is 44.4 Å². The summed E-state index contributed by atoms with van der Waals surface area (Å²) < 4.78 is 63.7. The van der Waals surface area contributed by atoms with E-state index in [4.69, 9.17) is 28.4 Å². The van der Waals surface area contributed by atoms with Gasteiger partial charge in [-0.25, -0.2) is 33.1 Å². The summed E-state index contributed by atoms with van der Waals surface area (Å²) in [6, 6.07) is 28.6. The zero-order chi connectivity index (χ0) is 65.1. The van der Waals surface area contributed by atoms with Crippen molar-refractivity contribution >= 4 is 113 Å². The first-order chi connectivity index (χ1) is 42.8. The molecule has 0 fully saturated rings. The highest BCUT2D eigenvalue weighted by Gasteiger charge is 2.45. The number of methoxy groups -OCH3 is 3. The van der Waals surface area contributed by atoms with Crippen molar-refractivity contribution in [2.75, 3.05) is 45.1 Å². The van der Waals surface area contributed by atoms with Crippen molar-refractivity contribution in [1.29, 1.82) is 0 Å². The Kier molecular flexibility index (Phi) is 22.7. The van der Waals surface area contributed by atoms with Crippen molar-refractivity contribution in [3.05, 3.63) is 177 Å².